The van der Waals surface area contributed by atoms with Crippen molar-refractivity contribution in [2.45, 2.75) is 204 Å². The van der Waals surface area contributed by atoms with Crippen LogP contribution in [0.2, 0.25) is 0 Å². The molecule has 1 aromatic carbocycles. The summed E-state index contributed by atoms with van der Waals surface area (Å²) in [6.07, 6.45) is -3.21. The molecule has 2 aromatic heterocycles. The maximum Gasteiger partial charge on any atom is 0.311 e. The zero-order valence-electron chi connectivity index (χ0n) is 46.0. The molecular weight excluding hydrogens is 953 g/mol. The van der Waals surface area contributed by atoms with Gasteiger partial charge in [0.2, 0.25) is 0 Å². The fourth-order valence-electron chi connectivity index (χ4n) is 11.6. The number of cyclic esters (lactones) is 1. The van der Waals surface area contributed by atoms with E-state index in [2.05, 4.69) is 20.2 Å². The smallest absolute Gasteiger partial charge is 0.311 e. The van der Waals surface area contributed by atoms with Crippen LogP contribution in [0.25, 0.3) is 11.1 Å². The van der Waals surface area contributed by atoms with Crippen LogP contribution in [0.3, 0.4) is 0 Å². The standard InChI is InChI=1S/C55H88N6O13/c1-14-44-55(10,68)48(64)36(6)60(12)28-32(2)25-53(8,67)50(34(4)47(35(5)51(66)72-44)73-45-26-54(9,69-13)49(65)37(7)71-45)74-52-46(63)43(24-33(3)70-52)59(11)23-21-42-30-61(58-57-42)29-41(31-62)39-19-17-38(18-20-39)40-16-15-22-56-27-40/h15-20,22,27,30,32-37,41,43-50,52,62-65,67-68H,14,21,23-26,28-29,31H2,1-13H3/t32-,33-,34+,35-,36-,37+,41?,43+,44-,45+,46-,47+,48-,49+,50-,52+,53-,54-,55-/m1/s1. The van der Waals surface area contributed by atoms with Crippen LogP contribution in [0.5, 0.6) is 0 Å². The van der Waals surface area contributed by atoms with Crippen molar-refractivity contribution in [3.8, 4) is 11.1 Å². The Morgan fingerprint density at radius 3 is 2.28 bits per heavy atom. The van der Waals surface area contributed by atoms with Gasteiger partial charge in [0.25, 0.3) is 0 Å². The van der Waals surface area contributed by atoms with Gasteiger partial charge in [-0.15, -0.1) is 5.10 Å². The molecule has 3 fully saturated rings. The number of aliphatic hydroxyl groups is 6. The molecule has 19 atom stereocenters. The van der Waals surface area contributed by atoms with Crippen molar-refractivity contribution in [1.29, 1.82) is 0 Å². The summed E-state index contributed by atoms with van der Waals surface area (Å²) >= 11 is 0. The number of hydrogen-bond acceptors (Lipinski definition) is 18. The second-order valence-electron chi connectivity index (χ2n) is 22.6. The summed E-state index contributed by atoms with van der Waals surface area (Å²) in [6.45, 7) is 18.8. The highest BCUT2D eigenvalue weighted by molar-refractivity contribution is 5.73. The van der Waals surface area contributed by atoms with E-state index < -0.39 is 102 Å². The third-order valence-electron chi connectivity index (χ3n) is 16.4. The van der Waals surface area contributed by atoms with Crippen LogP contribution >= 0.6 is 0 Å². The van der Waals surface area contributed by atoms with Gasteiger partial charge < -0.3 is 68.9 Å². The van der Waals surface area contributed by atoms with Crippen LogP contribution in [0.15, 0.2) is 55.0 Å². The lowest BCUT2D eigenvalue weighted by atomic mass is 9.77. The van der Waals surface area contributed by atoms with Crippen LogP contribution in [0, 0.1) is 17.8 Å². The molecule has 0 bridgehead atoms. The highest BCUT2D eigenvalue weighted by atomic mass is 16.7. The highest BCUT2D eigenvalue weighted by Gasteiger charge is 2.53. The molecule has 19 heteroatoms. The summed E-state index contributed by atoms with van der Waals surface area (Å²) in [5, 5.41) is 79.0. The number of likely N-dealkylation sites (N-methyl/N-ethyl adjacent to an activating group) is 2. The van der Waals surface area contributed by atoms with Gasteiger partial charge in [-0.05, 0) is 110 Å². The Labute approximate surface area is 438 Å². The maximum atomic E-state index is 14.5. The number of methoxy groups -OCH3 is 1. The predicted molar refractivity (Wildman–Crippen MR) is 276 cm³/mol. The number of aromatic nitrogens is 4. The van der Waals surface area contributed by atoms with Crippen molar-refractivity contribution in [2.75, 3.05) is 40.9 Å². The van der Waals surface area contributed by atoms with E-state index in [9.17, 15) is 35.4 Å². The number of carbonyl (C=O) groups excluding carboxylic acids is 1. The number of carbonyl (C=O) groups is 1. The van der Waals surface area contributed by atoms with Gasteiger partial charge in [0.15, 0.2) is 12.6 Å². The SMILES string of the molecule is CC[C@H]1OC(=O)[C@H](C)[C@@H](O[C@H]2C[C@@](C)(OC)[C@@H](O)[C@H](C)O2)[C@H](C)[C@@H](O[C@@H]2O[C@H](C)C[C@H](N(C)CCc3cn(CC(CO)c4ccc(-c5cccnc5)cc4)nn3)[C@H]2O)[C@](C)(O)C[C@@H](C)CN(C)[C@H](C)[C@@H](O)[C@]1(C)O. The van der Waals surface area contributed by atoms with Crippen LogP contribution in [-0.4, -0.2) is 198 Å². The maximum absolute atomic E-state index is 14.5. The van der Waals surface area contributed by atoms with Crippen molar-refractivity contribution < 1.29 is 63.9 Å². The third-order valence-corrected chi connectivity index (χ3v) is 16.4. The van der Waals surface area contributed by atoms with Gasteiger partial charge >= 0.3 is 5.97 Å². The molecule has 5 heterocycles. The molecule has 0 radical (unpaired) electrons. The van der Waals surface area contributed by atoms with Crippen molar-refractivity contribution >= 4 is 5.97 Å². The number of esters is 1. The Kier molecular flexibility index (Phi) is 20.4. The summed E-state index contributed by atoms with van der Waals surface area (Å²) in [5.74, 6) is -3.01. The molecule has 3 saturated heterocycles. The largest absolute Gasteiger partial charge is 0.459 e. The number of aliphatic hydroxyl groups excluding tert-OH is 4. The number of hydrogen-bond donors (Lipinski definition) is 6. The van der Waals surface area contributed by atoms with Crippen LogP contribution in [0.1, 0.15) is 112 Å². The fraction of sp³-hybridized carbons (Fsp3) is 0.745. The first kappa shape index (κ1) is 59.7. The Morgan fingerprint density at radius 1 is 0.946 bits per heavy atom. The van der Waals surface area contributed by atoms with Crippen molar-refractivity contribution in [3.05, 3.63) is 66.2 Å². The van der Waals surface area contributed by atoms with Gasteiger partial charge in [-0.3, -0.25) is 14.5 Å². The molecule has 416 valence electrons. The summed E-state index contributed by atoms with van der Waals surface area (Å²) in [5.41, 5.74) is -0.777. The van der Waals surface area contributed by atoms with Gasteiger partial charge in [0.1, 0.15) is 30.0 Å². The van der Waals surface area contributed by atoms with E-state index in [0.717, 1.165) is 22.4 Å². The molecule has 1 unspecified atom stereocenters. The first-order valence-corrected chi connectivity index (χ1v) is 26.6. The van der Waals surface area contributed by atoms with E-state index in [1.54, 1.807) is 52.4 Å². The topological polar surface area (TPSA) is 244 Å². The van der Waals surface area contributed by atoms with Gasteiger partial charge in [0.05, 0.1) is 60.4 Å². The molecule has 0 spiro atoms. The second kappa shape index (κ2) is 25.3. The average molecular weight is 1040 g/mol. The van der Waals surface area contributed by atoms with Crippen molar-refractivity contribution in [1.82, 2.24) is 29.8 Å². The molecular formula is C55H88N6O13. The Hall–Kier alpha value is -3.54. The van der Waals surface area contributed by atoms with Gasteiger partial charge in [0, 0.05) is 75.6 Å². The van der Waals surface area contributed by atoms with E-state index in [-0.39, 0.29) is 43.8 Å². The van der Waals surface area contributed by atoms with E-state index in [1.165, 1.54) is 14.0 Å². The number of nitrogens with zero attached hydrogens (tertiary/aromatic N) is 6. The molecule has 0 aliphatic carbocycles. The molecule has 19 nitrogen and oxygen atoms in total. The lowest BCUT2D eigenvalue weighted by Gasteiger charge is -2.49. The number of ether oxygens (including phenoxy) is 6. The lowest BCUT2D eigenvalue weighted by molar-refractivity contribution is -0.318. The van der Waals surface area contributed by atoms with Gasteiger partial charge in [-0.2, -0.15) is 0 Å². The van der Waals surface area contributed by atoms with Crippen LogP contribution in [0.4, 0.5) is 0 Å². The predicted octanol–water partition coefficient (Wildman–Crippen LogP) is 3.94. The van der Waals surface area contributed by atoms with E-state index >= 15 is 0 Å². The van der Waals surface area contributed by atoms with Crippen LogP contribution < -0.4 is 0 Å². The molecule has 3 aromatic rings. The van der Waals surface area contributed by atoms with Crippen molar-refractivity contribution in [3.63, 3.8) is 0 Å². The molecule has 6 N–H and O–H groups in total. The number of rotatable bonds is 15. The second-order valence-corrected chi connectivity index (χ2v) is 22.6. The zero-order chi connectivity index (χ0) is 54.4. The molecule has 0 amide bonds. The van der Waals surface area contributed by atoms with Gasteiger partial charge in [-0.1, -0.05) is 56.3 Å². The number of benzene rings is 1. The first-order chi connectivity index (χ1) is 34.8. The minimum atomic E-state index is -1.84. The summed E-state index contributed by atoms with van der Waals surface area (Å²) < 4.78 is 40.1. The highest BCUT2D eigenvalue weighted by Crippen LogP contribution is 2.40. The Bertz CT molecular complexity index is 2200. The molecule has 0 saturated carbocycles. The van der Waals surface area contributed by atoms with Crippen molar-refractivity contribution in [2.24, 2.45) is 17.8 Å². The summed E-state index contributed by atoms with van der Waals surface area (Å²) in [4.78, 5) is 22.7. The zero-order valence-corrected chi connectivity index (χ0v) is 46.0. The molecule has 3 aliphatic heterocycles. The Morgan fingerprint density at radius 2 is 1.65 bits per heavy atom. The van der Waals surface area contributed by atoms with E-state index in [4.69, 9.17) is 28.4 Å². The molecule has 6 rings (SSSR count). The minimum absolute atomic E-state index is 0.0706. The fourth-order valence-corrected chi connectivity index (χ4v) is 11.6. The average Bonchev–Trinajstić information content (AvgIpc) is 3.83. The van der Waals surface area contributed by atoms with E-state index in [1.807, 2.05) is 88.6 Å². The monoisotopic (exact) mass is 1040 g/mol. The van der Waals surface area contributed by atoms with Crippen LogP contribution in [-0.2, 0) is 46.2 Å². The summed E-state index contributed by atoms with van der Waals surface area (Å²) in [7, 11) is 5.27. The Balaban J connectivity index is 1.24. The summed E-state index contributed by atoms with van der Waals surface area (Å²) in [6, 6.07) is 11.0. The first-order valence-electron chi connectivity index (χ1n) is 26.6. The minimum Gasteiger partial charge on any atom is -0.459 e. The molecule has 74 heavy (non-hydrogen) atoms. The quantitative estimate of drug-likeness (QED) is 0.118. The molecule has 3 aliphatic rings. The van der Waals surface area contributed by atoms with E-state index in [0.29, 0.717) is 32.5 Å². The number of pyridine rings is 1. The van der Waals surface area contributed by atoms with Gasteiger partial charge in [-0.25, -0.2) is 0 Å². The lowest BCUT2D eigenvalue weighted by Crippen LogP contribution is -2.61. The normalized spacial score (nSPS) is 38.8. The third kappa shape index (κ3) is 13.9.